The molecule has 3 N–H and O–H groups in total. The highest BCUT2D eigenvalue weighted by atomic mass is 16.5. The molecule has 2 heterocycles. The van der Waals surface area contributed by atoms with Gasteiger partial charge in [-0.2, -0.15) is 0 Å². The molecule has 2 amide bonds. The van der Waals surface area contributed by atoms with Crippen molar-refractivity contribution in [3.05, 3.63) is 0 Å². The van der Waals surface area contributed by atoms with Gasteiger partial charge in [0.15, 0.2) is 6.04 Å². The van der Waals surface area contributed by atoms with Crippen molar-refractivity contribution in [1.29, 1.82) is 0 Å². The van der Waals surface area contributed by atoms with E-state index >= 15 is 0 Å². The molecule has 2 aliphatic rings. The summed E-state index contributed by atoms with van der Waals surface area (Å²) in [6, 6.07) is -0.113. The molecule has 7 nitrogen and oxygen atoms in total. The number of amides is 2. The van der Waals surface area contributed by atoms with Crippen LogP contribution in [0.25, 0.3) is 0 Å². The lowest BCUT2D eigenvalue weighted by atomic mass is 9.94. The smallest absolute Gasteiger partial charge is 0.309 e. The lowest BCUT2D eigenvalue weighted by Crippen LogP contribution is -3.17. The number of rotatable bonds is 5. The van der Waals surface area contributed by atoms with Crippen molar-refractivity contribution >= 4 is 17.8 Å². The van der Waals surface area contributed by atoms with E-state index in [0.717, 1.165) is 25.9 Å². The van der Waals surface area contributed by atoms with Crippen molar-refractivity contribution in [3.8, 4) is 0 Å². The minimum Gasteiger partial charge on any atom is -0.466 e. The van der Waals surface area contributed by atoms with E-state index in [-0.39, 0.29) is 35.7 Å². The number of quaternary nitrogens is 1. The summed E-state index contributed by atoms with van der Waals surface area (Å²) in [4.78, 5) is 38.8. The van der Waals surface area contributed by atoms with Crippen LogP contribution in [0.5, 0.6) is 0 Å². The van der Waals surface area contributed by atoms with Gasteiger partial charge in [0, 0.05) is 31.8 Å². The highest BCUT2D eigenvalue weighted by Crippen LogP contribution is 2.19. The molecule has 0 spiro atoms. The van der Waals surface area contributed by atoms with Crippen LogP contribution in [0, 0.1) is 11.8 Å². The Morgan fingerprint density at radius 3 is 2.21 bits per heavy atom. The molecule has 2 fully saturated rings. The average molecular weight is 340 g/mol. The van der Waals surface area contributed by atoms with Crippen LogP contribution in [0.1, 0.15) is 39.5 Å². The van der Waals surface area contributed by atoms with Crippen LogP contribution < -0.4 is 10.6 Å². The van der Waals surface area contributed by atoms with E-state index in [9.17, 15) is 14.4 Å². The largest absolute Gasteiger partial charge is 0.466 e. The fraction of sp³-hybridized carbons (Fsp3) is 0.824. The summed E-state index contributed by atoms with van der Waals surface area (Å²) in [5.41, 5.74) is 5.36. The molecule has 2 rings (SSSR count). The summed E-state index contributed by atoms with van der Waals surface area (Å²) >= 11 is 0. The first-order valence-corrected chi connectivity index (χ1v) is 9.03. The molecule has 0 aliphatic carbocycles. The first-order valence-electron chi connectivity index (χ1n) is 9.03. The third-order valence-corrected chi connectivity index (χ3v) is 5.44. The van der Waals surface area contributed by atoms with Gasteiger partial charge in [0.05, 0.1) is 25.6 Å². The summed E-state index contributed by atoms with van der Waals surface area (Å²) in [7, 11) is 0. The molecular formula is C17H30N3O4+. The number of carbonyl (C=O) groups is 3. The average Bonchev–Trinajstić information content (AvgIpc) is 2.61. The van der Waals surface area contributed by atoms with E-state index in [0.29, 0.717) is 32.5 Å². The predicted octanol–water partition coefficient (Wildman–Crippen LogP) is -1.04. The molecule has 0 bridgehead atoms. The molecule has 7 heteroatoms. The second-order valence-electron chi connectivity index (χ2n) is 6.91. The van der Waals surface area contributed by atoms with E-state index in [1.54, 1.807) is 0 Å². The number of primary amides is 1. The number of carbonyl (C=O) groups excluding carboxylic acids is 3. The number of piperidine rings is 2. The van der Waals surface area contributed by atoms with Crippen molar-refractivity contribution in [2.45, 2.75) is 45.6 Å². The zero-order valence-corrected chi connectivity index (χ0v) is 14.8. The van der Waals surface area contributed by atoms with Gasteiger partial charge in [0.25, 0.3) is 5.91 Å². The molecule has 0 radical (unpaired) electrons. The molecule has 24 heavy (non-hydrogen) atoms. The van der Waals surface area contributed by atoms with Gasteiger partial charge in [-0.3, -0.25) is 14.4 Å². The van der Waals surface area contributed by atoms with Crippen molar-refractivity contribution in [3.63, 3.8) is 0 Å². The van der Waals surface area contributed by atoms with Gasteiger partial charge in [-0.1, -0.05) is 0 Å². The number of nitrogens with zero attached hydrogens (tertiary/aromatic N) is 1. The maximum absolute atomic E-state index is 12.7. The van der Waals surface area contributed by atoms with E-state index < -0.39 is 0 Å². The van der Waals surface area contributed by atoms with Gasteiger partial charge in [-0.25, -0.2) is 0 Å². The molecule has 136 valence electrons. The summed E-state index contributed by atoms with van der Waals surface area (Å²) in [5.74, 6) is -0.352. The number of hydrogen-bond donors (Lipinski definition) is 2. The van der Waals surface area contributed by atoms with Gasteiger partial charge in [0.1, 0.15) is 0 Å². The van der Waals surface area contributed by atoms with Crippen LogP contribution in [-0.2, 0) is 19.1 Å². The molecule has 2 aliphatic heterocycles. The first kappa shape index (κ1) is 18.7. The molecule has 0 aromatic rings. The van der Waals surface area contributed by atoms with E-state index in [2.05, 4.69) is 0 Å². The molecule has 2 saturated heterocycles. The van der Waals surface area contributed by atoms with Crippen LogP contribution in [0.15, 0.2) is 0 Å². The van der Waals surface area contributed by atoms with Gasteiger partial charge >= 0.3 is 5.97 Å². The van der Waals surface area contributed by atoms with Crippen molar-refractivity contribution in [1.82, 2.24) is 4.90 Å². The van der Waals surface area contributed by atoms with Gasteiger partial charge in [-0.15, -0.1) is 0 Å². The highest BCUT2D eigenvalue weighted by molar-refractivity contribution is 5.81. The number of nitrogens with two attached hydrogens (primary N) is 1. The number of likely N-dealkylation sites (tertiary alicyclic amines) is 2. The molecular weight excluding hydrogens is 310 g/mol. The summed E-state index contributed by atoms with van der Waals surface area (Å²) in [6.07, 6.45) is 2.87. The van der Waals surface area contributed by atoms with Crippen LogP contribution in [0.4, 0.5) is 0 Å². The Balaban J connectivity index is 1.80. The molecule has 1 atom stereocenters. The van der Waals surface area contributed by atoms with Gasteiger partial charge in [0.2, 0.25) is 5.91 Å². The standard InChI is InChI=1S/C17H29N3O4/c1-3-24-17(23)14-6-10-20(11-7-14)16(22)12(2)19-8-4-13(5-9-19)15(18)21/h12-14H,3-11H2,1-2H3,(H2,18,21)/p+1/t12-/m1/s1. The number of hydrogen-bond acceptors (Lipinski definition) is 4. The second-order valence-corrected chi connectivity index (χ2v) is 6.91. The normalized spacial score (nSPS) is 26.7. The molecule has 0 aromatic heterocycles. The van der Waals surface area contributed by atoms with Crippen LogP contribution >= 0.6 is 0 Å². The minimum atomic E-state index is -0.228. The zero-order chi connectivity index (χ0) is 17.7. The lowest BCUT2D eigenvalue weighted by molar-refractivity contribution is -0.920. The first-order chi connectivity index (χ1) is 11.4. The maximum atomic E-state index is 12.7. The van der Waals surface area contributed by atoms with Crippen LogP contribution in [0.2, 0.25) is 0 Å². The fourth-order valence-electron chi connectivity index (χ4n) is 3.75. The van der Waals surface area contributed by atoms with Gasteiger partial charge < -0.3 is 20.3 Å². The van der Waals surface area contributed by atoms with Crippen molar-refractivity contribution in [2.24, 2.45) is 17.6 Å². The number of ether oxygens (including phenoxy) is 1. The minimum absolute atomic E-state index is 0.0450. The third-order valence-electron chi connectivity index (χ3n) is 5.44. The molecule has 0 unspecified atom stereocenters. The monoisotopic (exact) mass is 340 g/mol. The Morgan fingerprint density at radius 2 is 1.71 bits per heavy atom. The summed E-state index contributed by atoms with van der Waals surface area (Å²) < 4.78 is 5.06. The Labute approximate surface area is 143 Å². The van der Waals surface area contributed by atoms with Crippen molar-refractivity contribution < 1.29 is 24.0 Å². The van der Waals surface area contributed by atoms with E-state index in [1.807, 2.05) is 18.7 Å². The molecule has 0 saturated carbocycles. The van der Waals surface area contributed by atoms with Crippen molar-refractivity contribution in [2.75, 3.05) is 32.8 Å². The summed E-state index contributed by atoms with van der Waals surface area (Å²) in [6.45, 7) is 7.01. The van der Waals surface area contributed by atoms with Gasteiger partial charge in [-0.05, 0) is 26.7 Å². The Bertz CT molecular complexity index is 466. The number of esters is 1. The zero-order valence-electron chi connectivity index (χ0n) is 14.8. The summed E-state index contributed by atoms with van der Waals surface area (Å²) in [5, 5.41) is 0. The molecule has 0 aromatic carbocycles. The Hall–Kier alpha value is -1.63. The Morgan fingerprint density at radius 1 is 1.12 bits per heavy atom. The fourth-order valence-corrected chi connectivity index (χ4v) is 3.75. The topological polar surface area (TPSA) is 94.1 Å². The van der Waals surface area contributed by atoms with E-state index in [4.69, 9.17) is 10.5 Å². The van der Waals surface area contributed by atoms with Crippen LogP contribution in [0.3, 0.4) is 0 Å². The van der Waals surface area contributed by atoms with E-state index in [1.165, 1.54) is 4.90 Å². The number of nitrogens with one attached hydrogen (secondary N) is 1. The second kappa shape index (κ2) is 8.46. The highest BCUT2D eigenvalue weighted by Gasteiger charge is 2.36. The quantitative estimate of drug-likeness (QED) is 0.625. The third kappa shape index (κ3) is 4.47. The maximum Gasteiger partial charge on any atom is 0.309 e. The predicted molar refractivity (Wildman–Crippen MR) is 88.0 cm³/mol. The van der Waals surface area contributed by atoms with Crippen LogP contribution in [-0.4, -0.2) is 61.5 Å². The SMILES string of the molecule is CCOC(=O)C1CCN(C(=O)[C@@H](C)[NH+]2CCC(C(N)=O)CC2)CC1. The lowest BCUT2D eigenvalue weighted by Gasteiger charge is -2.36. The Kier molecular flexibility index (Phi) is 6.60.